The summed E-state index contributed by atoms with van der Waals surface area (Å²) in [7, 11) is 0. The van der Waals surface area contributed by atoms with Gasteiger partial charge in [0.05, 0.1) is 0 Å². The van der Waals surface area contributed by atoms with Crippen LogP contribution in [-0.2, 0) is 12.8 Å². The zero-order valence-electron chi connectivity index (χ0n) is 11.5. The molecular formula is C18H19NS. The molecule has 20 heavy (non-hydrogen) atoms. The molecule has 0 spiro atoms. The molecule has 0 saturated carbocycles. The minimum absolute atomic E-state index is 0.510. The van der Waals surface area contributed by atoms with Gasteiger partial charge in [-0.15, -0.1) is 11.3 Å². The Morgan fingerprint density at radius 1 is 0.900 bits per heavy atom. The molecule has 2 heteroatoms. The third-order valence-corrected chi connectivity index (χ3v) is 4.78. The van der Waals surface area contributed by atoms with Gasteiger partial charge in [-0.25, -0.2) is 0 Å². The Bertz CT molecular complexity index is 672. The van der Waals surface area contributed by atoms with Gasteiger partial charge >= 0.3 is 0 Å². The highest BCUT2D eigenvalue weighted by atomic mass is 32.1. The Kier molecular flexibility index (Phi) is 4.14. The molecular weight excluding hydrogens is 262 g/mol. The van der Waals surface area contributed by atoms with Crippen molar-refractivity contribution in [2.45, 2.75) is 12.8 Å². The van der Waals surface area contributed by atoms with E-state index in [1.165, 1.54) is 21.2 Å². The van der Waals surface area contributed by atoms with Crippen LogP contribution >= 0.6 is 11.3 Å². The van der Waals surface area contributed by atoms with Crippen LogP contribution < -0.4 is 5.73 Å². The first-order valence-electron chi connectivity index (χ1n) is 7.06. The second-order valence-corrected chi connectivity index (χ2v) is 6.16. The summed E-state index contributed by atoms with van der Waals surface area (Å²) in [6, 6.07) is 19.3. The highest BCUT2D eigenvalue weighted by molar-refractivity contribution is 7.17. The molecule has 3 rings (SSSR count). The SMILES string of the molecule is NCC(Cc1ccccc1)Cc1csc2ccccc12. The summed E-state index contributed by atoms with van der Waals surface area (Å²) < 4.78 is 1.37. The quantitative estimate of drug-likeness (QED) is 0.743. The molecule has 0 bridgehead atoms. The average Bonchev–Trinajstić information content (AvgIpc) is 2.91. The van der Waals surface area contributed by atoms with Gasteiger partial charge in [0, 0.05) is 4.70 Å². The van der Waals surface area contributed by atoms with Crippen LogP contribution in [0.5, 0.6) is 0 Å². The standard InChI is InChI=1S/C18H19NS/c19-12-15(10-14-6-2-1-3-7-14)11-16-13-20-18-9-5-4-8-17(16)18/h1-9,13,15H,10-12,19H2. The van der Waals surface area contributed by atoms with Gasteiger partial charge in [0.1, 0.15) is 0 Å². The Hall–Kier alpha value is -1.64. The van der Waals surface area contributed by atoms with Crippen molar-refractivity contribution >= 4 is 21.4 Å². The van der Waals surface area contributed by atoms with Gasteiger partial charge in [0.15, 0.2) is 0 Å². The van der Waals surface area contributed by atoms with Gasteiger partial charge in [0.25, 0.3) is 0 Å². The molecule has 2 aromatic carbocycles. The van der Waals surface area contributed by atoms with E-state index in [4.69, 9.17) is 5.73 Å². The van der Waals surface area contributed by atoms with E-state index in [1.807, 2.05) is 11.3 Å². The van der Waals surface area contributed by atoms with Crippen molar-refractivity contribution in [1.82, 2.24) is 0 Å². The van der Waals surface area contributed by atoms with Crippen molar-refractivity contribution in [3.8, 4) is 0 Å². The lowest BCUT2D eigenvalue weighted by Gasteiger charge is -2.14. The molecule has 102 valence electrons. The largest absolute Gasteiger partial charge is 0.330 e. The fourth-order valence-corrected chi connectivity index (χ4v) is 3.66. The van der Waals surface area contributed by atoms with Gasteiger partial charge < -0.3 is 5.73 Å². The molecule has 3 aromatic rings. The predicted molar refractivity (Wildman–Crippen MR) is 88.2 cm³/mol. The summed E-state index contributed by atoms with van der Waals surface area (Å²) in [5.41, 5.74) is 8.80. The van der Waals surface area contributed by atoms with E-state index in [9.17, 15) is 0 Å². The summed E-state index contributed by atoms with van der Waals surface area (Å²) in [5, 5.41) is 3.68. The van der Waals surface area contributed by atoms with E-state index in [2.05, 4.69) is 60.0 Å². The zero-order chi connectivity index (χ0) is 13.8. The Morgan fingerprint density at radius 2 is 1.65 bits per heavy atom. The molecule has 0 saturated heterocycles. The monoisotopic (exact) mass is 281 g/mol. The summed E-state index contributed by atoms with van der Waals surface area (Å²) >= 11 is 1.83. The highest BCUT2D eigenvalue weighted by Crippen LogP contribution is 2.28. The first kappa shape index (κ1) is 13.3. The predicted octanol–water partition coefficient (Wildman–Crippen LogP) is 4.26. The Morgan fingerprint density at radius 3 is 2.45 bits per heavy atom. The van der Waals surface area contributed by atoms with E-state index in [1.54, 1.807) is 0 Å². The molecule has 1 atom stereocenters. The van der Waals surface area contributed by atoms with Crippen LogP contribution in [0, 0.1) is 5.92 Å². The molecule has 0 radical (unpaired) electrons. The van der Waals surface area contributed by atoms with Crippen LogP contribution in [0.3, 0.4) is 0 Å². The van der Waals surface area contributed by atoms with Crippen LogP contribution in [0.1, 0.15) is 11.1 Å². The third-order valence-electron chi connectivity index (χ3n) is 3.77. The molecule has 1 heterocycles. The van der Waals surface area contributed by atoms with Gasteiger partial charge in [0.2, 0.25) is 0 Å². The smallest absolute Gasteiger partial charge is 0.0345 e. The summed E-state index contributed by atoms with van der Waals surface area (Å²) in [6.07, 6.45) is 2.12. The lowest BCUT2D eigenvalue weighted by atomic mass is 9.92. The van der Waals surface area contributed by atoms with Crippen molar-refractivity contribution in [2.24, 2.45) is 11.7 Å². The van der Waals surface area contributed by atoms with E-state index >= 15 is 0 Å². The van der Waals surface area contributed by atoms with Gasteiger partial charge in [-0.3, -0.25) is 0 Å². The van der Waals surface area contributed by atoms with Crippen molar-refractivity contribution in [3.63, 3.8) is 0 Å². The van der Waals surface area contributed by atoms with Crippen molar-refractivity contribution in [3.05, 3.63) is 71.1 Å². The summed E-state index contributed by atoms with van der Waals surface area (Å²) in [4.78, 5) is 0. The topological polar surface area (TPSA) is 26.0 Å². The first-order chi connectivity index (χ1) is 9.86. The first-order valence-corrected chi connectivity index (χ1v) is 7.94. The van der Waals surface area contributed by atoms with E-state index < -0.39 is 0 Å². The average molecular weight is 281 g/mol. The summed E-state index contributed by atoms with van der Waals surface area (Å²) in [5.74, 6) is 0.510. The molecule has 0 fully saturated rings. The Labute approximate surface area is 124 Å². The molecule has 0 aliphatic rings. The number of fused-ring (bicyclic) bond motifs is 1. The van der Waals surface area contributed by atoms with Gasteiger partial charge in [-0.2, -0.15) is 0 Å². The van der Waals surface area contributed by atoms with E-state index in [0.29, 0.717) is 5.92 Å². The van der Waals surface area contributed by atoms with Crippen LogP contribution in [0.2, 0.25) is 0 Å². The van der Waals surface area contributed by atoms with E-state index in [-0.39, 0.29) is 0 Å². The highest BCUT2D eigenvalue weighted by Gasteiger charge is 2.12. The molecule has 0 aliphatic carbocycles. The molecule has 2 N–H and O–H groups in total. The fraction of sp³-hybridized carbons (Fsp3) is 0.222. The molecule has 0 aliphatic heterocycles. The van der Waals surface area contributed by atoms with Crippen LogP contribution in [0.15, 0.2) is 60.0 Å². The fourth-order valence-electron chi connectivity index (χ4n) is 2.69. The summed E-state index contributed by atoms with van der Waals surface area (Å²) in [6.45, 7) is 0.735. The number of rotatable bonds is 5. The molecule has 1 nitrogen and oxygen atoms in total. The second kappa shape index (κ2) is 6.21. The molecule has 1 aromatic heterocycles. The maximum Gasteiger partial charge on any atom is 0.0345 e. The minimum Gasteiger partial charge on any atom is -0.330 e. The lowest BCUT2D eigenvalue weighted by molar-refractivity contribution is 0.535. The van der Waals surface area contributed by atoms with Gasteiger partial charge in [-0.05, 0) is 53.3 Å². The second-order valence-electron chi connectivity index (χ2n) is 5.25. The normalized spacial score (nSPS) is 12.7. The maximum absolute atomic E-state index is 5.98. The van der Waals surface area contributed by atoms with E-state index in [0.717, 1.165) is 19.4 Å². The number of thiophene rings is 1. The lowest BCUT2D eigenvalue weighted by Crippen LogP contribution is -2.19. The number of benzene rings is 2. The van der Waals surface area contributed by atoms with Crippen LogP contribution in [0.25, 0.3) is 10.1 Å². The van der Waals surface area contributed by atoms with Crippen molar-refractivity contribution < 1.29 is 0 Å². The van der Waals surface area contributed by atoms with Crippen LogP contribution in [0.4, 0.5) is 0 Å². The molecule has 1 unspecified atom stereocenters. The van der Waals surface area contributed by atoms with Crippen molar-refractivity contribution in [1.29, 1.82) is 0 Å². The maximum atomic E-state index is 5.98. The van der Waals surface area contributed by atoms with Crippen LogP contribution in [-0.4, -0.2) is 6.54 Å². The number of nitrogens with two attached hydrogens (primary N) is 1. The zero-order valence-corrected chi connectivity index (χ0v) is 12.3. The minimum atomic E-state index is 0.510. The van der Waals surface area contributed by atoms with Crippen molar-refractivity contribution in [2.75, 3.05) is 6.54 Å². The third kappa shape index (κ3) is 2.92. The number of hydrogen-bond acceptors (Lipinski definition) is 2. The molecule has 0 amide bonds. The number of hydrogen-bond donors (Lipinski definition) is 1. The van der Waals surface area contributed by atoms with Gasteiger partial charge in [-0.1, -0.05) is 48.5 Å². The Balaban J connectivity index is 1.78.